The number of amides is 1. The van der Waals surface area contributed by atoms with E-state index in [9.17, 15) is 4.79 Å². The number of carbonyl (C=O) groups excluding carboxylic acids is 1. The molecular formula is C23H16ClN3O4S. The highest BCUT2D eigenvalue weighted by Gasteiger charge is 2.17. The van der Waals surface area contributed by atoms with Gasteiger partial charge in [0.15, 0.2) is 22.2 Å². The van der Waals surface area contributed by atoms with Crippen LogP contribution in [0.2, 0.25) is 5.02 Å². The number of nitrogens with zero attached hydrogens (tertiary/aromatic N) is 1. The minimum atomic E-state index is -0.387. The lowest BCUT2D eigenvalue weighted by atomic mass is 10.2. The Morgan fingerprint density at radius 2 is 1.91 bits per heavy atom. The third-order valence-electron chi connectivity index (χ3n) is 4.87. The number of anilines is 1. The van der Waals surface area contributed by atoms with E-state index < -0.39 is 0 Å². The van der Waals surface area contributed by atoms with Crippen LogP contribution in [0.15, 0.2) is 59.0 Å². The number of halogens is 1. The largest absolute Gasteiger partial charge is 0.454 e. The summed E-state index contributed by atoms with van der Waals surface area (Å²) >= 11 is 11.6. The molecule has 3 aromatic carbocycles. The maximum atomic E-state index is 12.6. The molecule has 0 fully saturated rings. The Kier molecular flexibility index (Phi) is 5.16. The average Bonchev–Trinajstić information content (AvgIpc) is 3.41. The fourth-order valence-corrected chi connectivity index (χ4v) is 3.65. The van der Waals surface area contributed by atoms with Crippen LogP contribution in [0.1, 0.15) is 15.9 Å². The molecule has 0 unspecified atom stereocenters. The van der Waals surface area contributed by atoms with Gasteiger partial charge in [0.2, 0.25) is 12.7 Å². The standard InChI is InChI=1S/C23H16ClN3O4S/c1-12-2-6-18-17(8-12)25-22(31-18)14-3-5-15(24)16(9-14)26-23(32)27-21(28)13-4-7-19-20(10-13)30-11-29-19/h2-10H,11H2,1H3,(H2,26,27,28,32). The van der Waals surface area contributed by atoms with E-state index in [1.165, 1.54) is 0 Å². The Morgan fingerprint density at radius 1 is 1.06 bits per heavy atom. The molecule has 4 aromatic rings. The second-order valence-corrected chi connectivity index (χ2v) is 7.98. The number of aryl methyl sites for hydroxylation is 1. The van der Waals surface area contributed by atoms with Gasteiger partial charge in [-0.15, -0.1) is 0 Å². The number of fused-ring (bicyclic) bond motifs is 2. The molecule has 0 aliphatic carbocycles. The van der Waals surface area contributed by atoms with Crippen LogP contribution in [0.25, 0.3) is 22.6 Å². The van der Waals surface area contributed by atoms with Gasteiger partial charge in [-0.3, -0.25) is 10.1 Å². The second-order valence-electron chi connectivity index (χ2n) is 7.16. The van der Waals surface area contributed by atoms with E-state index in [0.29, 0.717) is 39.2 Å². The van der Waals surface area contributed by atoms with Gasteiger partial charge in [-0.1, -0.05) is 17.7 Å². The number of carbonyl (C=O) groups is 1. The predicted molar refractivity (Wildman–Crippen MR) is 125 cm³/mol. The molecule has 1 aliphatic rings. The molecule has 9 heteroatoms. The highest BCUT2D eigenvalue weighted by Crippen LogP contribution is 2.33. The first kappa shape index (κ1) is 20.3. The van der Waals surface area contributed by atoms with Crippen LogP contribution < -0.4 is 20.1 Å². The molecule has 7 nitrogen and oxygen atoms in total. The van der Waals surface area contributed by atoms with Gasteiger partial charge in [0.1, 0.15) is 5.52 Å². The fourth-order valence-electron chi connectivity index (χ4n) is 3.28. The van der Waals surface area contributed by atoms with Crippen molar-refractivity contribution in [3.63, 3.8) is 0 Å². The third-order valence-corrected chi connectivity index (χ3v) is 5.40. The van der Waals surface area contributed by atoms with E-state index in [1.54, 1.807) is 36.4 Å². The van der Waals surface area contributed by atoms with Crippen molar-refractivity contribution in [1.82, 2.24) is 10.3 Å². The van der Waals surface area contributed by atoms with E-state index in [1.807, 2.05) is 25.1 Å². The molecular weight excluding hydrogens is 450 g/mol. The highest BCUT2D eigenvalue weighted by molar-refractivity contribution is 7.80. The van der Waals surface area contributed by atoms with Crippen molar-refractivity contribution < 1.29 is 18.7 Å². The SMILES string of the molecule is Cc1ccc2oc(-c3ccc(Cl)c(NC(=S)NC(=O)c4ccc5c(c4)OCO5)c3)nc2c1. The van der Waals surface area contributed by atoms with Crippen LogP contribution >= 0.6 is 23.8 Å². The number of rotatable bonds is 3. The molecule has 0 bridgehead atoms. The van der Waals surface area contributed by atoms with Crippen molar-refractivity contribution in [2.24, 2.45) is 0 Å². The zero-order chi connectivity index (χ0) is 22.2. The van der Waals surface area contributed by atoms with Crippen molar-refractivity contribution in [3.05, 3.63) is 70.7 Å². The Bertz CT molecular complexity index is 1390. The summed E-state index contributed by atoms with van der Waals surface area (Å²) in [5.41, 5.74) is 4.19. The normalized spacial score (nSPS) is 12.1. The summed E-state index contributed by atoms with van der Waals surface area (Å²) < 4.78 is 16.4. The zero-order valence-electron chi connectivity index (χ0n) is 16.8. The van der Waals surface area contributed by atoms with Crippen molar-refractivity contribution >= 4 is 51.6 Å². The number of hydrogen-bond donors (Lipinski definition) is 2. The topological polar surface area (TPSA) is 85.6 Å². The molecule has 0 atom stereocenters. The van der Waals surface area contributed by atoms with E-state index in [-0.39, 0.29) is 17.8 Å². The van der Waals surface area contributed by atoms with Crippen LogP contribution in [-0.2, 0) is 0 Å². The minimum absolute atomic E-state index is 0.0971. The van der Waals surface area contributed by atoms with Crippen molar-refractivity contribution in [2.45, 2.75) is 6.92 Å². The van der Waals surface area contributed by atoms with E-state index in [4.69, 9.17) is 37.7 Å². The predicted octanol–water partition coefficient (Wildman–Crippen LogP) is 5.31. The van der Waals surface area contributed by atoms with Crippen LogP contribution in [-0.4, -0.2) is 22.8 Å². The first-order valence-electron chi connectivity index (χ1n) is 9.65. The van der Waals surface area contributed by atoms with Gasteiger partial charge < -0.3 is 19.2 Å². The van der Waals surface area contributed by atoms with E-state index >= 15 is 0 Å². The quantitative estimate of drug-likeness (QED) is 0.396. The summed E-state index contributed by atoms with van der Waals surface area (Å²) in [6.45, 7) is 2.13. The van der Waals surface area contributed by atoms with E-state index in [0.717, 1.165) is 16.6 Å². The van der Waals surface area contributed by atoms with Crippen molar-refractivity contribution in [2.75, 3.05) is 12.1 Å². The van der Waals surface area contributed by atoms with Gasteiger partial charge >= 0.3 is 0 Å². The Labute approximate surface area is 193 Å². The Hall–Kier alpha value is -3.62. The van der Waals surface area contributed by atoms with Crippen LogP contribution in [0, 0.1) is 6.92 Å². The van der Waals surface area contributed by atoms with Crippen LogP contribution in [0.5, 0.6) is 11.5 Å². The van der Waals surface area contributed by atoms with Gasteiger partial charge in [0, 0.05) is 11.1 Å². The molecule has 2 heterocycles. The number of benzene rings is 3. The first-order chi connectivity index (χ1) is 15.5. The van der Waals surface area contributed by atoms with Crippen LogP contribution in [0.4, 0.5) is 5.69 Å². The second kappa shape index (κ2) is 8.14. The fraction of sp³-hybridized carbons (Fsp3) is 0.0870. The van der Waals surface area contributed by atoms with Gasteiger partial charge in [0.25, 0.3) is 5.91 Å². The highest BCUT2D eigenvalue weighted by atomic mass is 35.5. The lowest BCUT2D eigenvalue weighted by molar-refractivity contribution is 0.0977. The third kappa shape index (κ3) is 3.98. The number of ether oxygens (including phenoxy) is 2. The van der Waals surface area contributed by atoms with Crippen molar-refractivity contribution in [1.29, 1.82) is 0 Å². The number of hydrogen-bond acceptors (Lipinski definition) is 6. The van der Waals surface area contributed by atoms with Gasteiger partial charge in [0.05, 0.1) is 10.7 Å². The molecule has 1 aliphatic heterocycles. The molecule has 2 N–H and O–H groups in total. The summed E-state index contributed by atoms with van der Waals surface area (Å²) in [5, 5.41) is 6.12. The molecule has 0 spiro atoms. The van der Waals surface area contributed by atoms with Gasteiger partial charge in [-0.2, -0.15) is 0 Å². The molecule has 1 aromatic heterocycles. The monoisotopic (exact) mass is 465 g/mol. The number of thiocarbonyl (C=S) groups is 1. The first-order valence-corrected chi connectivity index (χ1v) is 10.4. The molecule has 5 rings (SSSR count). The Balaban J connectivity index is 1.33. The average molecular weight is 466 g/mol. The summed E-state index contributed by atoms with van der Waals surface area (Å²) in [5.74, 6) is 1.18. The number of aromatic nitrogens is 1. The zero-order valence-corrected chi connectivity index (χ0v) is 18.3. The van der Waals surface area contributed by atoms with Crippen LogP contribution in [0.3, 0.4) is 0 Å². The maximum Gasteiger partial charge on any atom is 0.257 e. The summed E-state index contributed by atoms with van der Waals surface area (Å²) in [6.07, 6.45) is 0. The van der Waals surface area contributed by atoms with Gasteiger partial charge in [-0.05, 0) is 73.2 Å². The molecule has 0 saturated carbocycles. The summed E-state index contributed by atoms with van der Waals surface area (Å²) in [6, 6.07) is 16.0. The molecule has 32 heavy (non-hydrogen) atoms. The smallest absolute Gasteiger partial charge is 0.257 e. The molecule has 1 amide bonds. The lowest BCUT2D eigenvalue weighted by Crippen LogP contribution is -2.34. The van der Waals surface area contributed by atoms with Gasteiger partial charge in [-0.25, -0.2) is 4.98 Å². The molecule has 160 valence electrons. The van der Waals surface area contributed by atoms with E-state index in [2.05, 4.69) is 15.6 Å². The van der Waals surface area contributed by atoms with Crippen molar-refractivity contribution in [3.8, 4) is 23.0 Å². The number of nitrogens with one attached hydrogen (secondary N) is 2. The summed E-state index contributed by atoms with van der Waals surface area (Å²) in [4.78, 5) is 17.1. The number of oxazole rings is 1. The lowest BCUT2D eigenvalue weighted by Gasteiger charge is -2.12. The maximum absolute atomic E-state index is 12.6. The molecule has 0 radical (unpaired) electrons. The summed E-state index contributed by atoms with van der Waals surface area (Å²) in [7, 11) is 0. The molecule has 0 saturated heterocycles. The Morgan fingerprint density at radius 3 is 2.78 bits per heavy atom. The minimum Gasteiger partial charge on any atom is -0.454 e.